The Morgan fingerprint density at radius 1 is 0.870 bits per heavy atom. The molecule has 6 N–H and O–H groups in total. The van der Waals surface area contributed by atoms with Gasteiger partial charge in [0, 0.05) is 5.56 Å². The summed E-state index contributed by atoms with van der Waals surface area (Å²) in [6, 6.07) is 4.73. The normalized spacial score (nSPS) is 10.3. The zero-order valence-electron chi connectivity index (χ0n) is 11.4. The van der Waals surface area contributed by atoms with Crippen LogP contribution in [0.4, 0.5) is 5.82 Å². The van der Waals surface area contributed by atoms with Crippen LogP contribution in [0.1, 0.15) is 31.1 Å². The molecule has 23 heavy (non-hydrogen) atoms. The highest BCUT2D eigenvalue weighted by Gasteiger charge is 2.26. The Balaban J connectivity index is 2.87. The largest absolute Gasteiger partial charge is 0.478 e. The summed E-state index contributed by atoms with van der Waals surface area (Å²) < 4.78 is 0. The van der Waals surface area contributed by atoms with Crippen molar-refractivity contribution in [2.24, 2.45) is 0 Å². The highest BCUT2D eigenvalue weighted by Crippen LogP contribution is 2.29. The maximum Gasteiger partial charge on any atom is 0.342 e. The molecule has 0 atom stereocenters. The zero-order valence-corrected chi connectivity index (χ0v) is 11.4. The van der Waals surface area contributed by atoms with Crippen LogP contribution in [0.2, 0.25) is 0 Å². The van der Waals surface area contributed by atoms with Gasteiger partial charge in [-0.2, -0.15) is 0 Å². The molecule has 1 aromatic heterocycles. The third kappa shape index (κ3) is 2.75. The van der Waals surface area contributed by atoms with Crippen molar-refractivity contribution in [3.05, 3.63) is 51.3 Å². The second-order valence-corrected chi connectivity index (χ2v) is 4.49. The van der Waals surface area contributed by atoms with Crippen LogP contribution in [0, 0.1) is 0 Å². The highest BCUT2D eigenvalue weighted by molar-refractivity contribution is 6.07. The molecular formula is C14H10N2O7. The van der Waals surface area contributed by atoms with Crippen molar-refractivity contribution in [3.8, 4) is 11.1 Å². The lowest BCUT2D eigenvalue weighted by molar-refractivity contribution is 0.0681. The lowest BCUT2D eigenvalue weighted by Gasteiger charge is -2.12. The molecule has 9 heteroatoms. The Morgan fingerprint density at radius 3 is 1.83 bits per heavy atom. The summed E-state index contributed by atoms with van der Waals surface area (Å²) in [5.41, 5.74) is 2.63. The van der Waals surface area contributed by atoms with E-state index in [0.717, 1.165) is 12.1 Å². The van der Waals surface area contributed by atoms with E-state index in [1.807, 2.05) is 4.98 Å². The second-order valence-electron chi connectivity index (χ2n) is 4.49. The standard InChI is InChI=1S/C14H10N2O7/c15-10-8(13(20)21)7(9(14(22)23)11(17)16-10)5-1-3-6(4-2-5)12(18)19/h1-4H,(H,18,19)(H,20,21)(H,22,23)(H3,15,16,17). The van der Waals surface area contributed by atoms with Gasteiger partial charge in [0.15, 0.2) is 0 Å². The molecule has 0 bridgehead atoms. The average Bonchev–Trinajstić information content (AvgIpc) is 2.45. The summed E-state index contributed by atoms with van der Waals surface area (Å²) >= 11 is 0. The van der Waals surface area contributed by atoms with Crippen molar-refractivity contribution in [2.45, 2.75) is 0 Å². The van der Waals surface area contributed by atoms with E-state index >= 15 is 0 Å². The van der Waals surface area contributed by atoms with Crippen LogP contribution in [0.3, 0.4) is 0 Å². The number of carboxylic acid groups (broad SMARTS) is 3. The first-order chi connectivity index (χ1) is 10.7. The van der Waals surface area contributed by atoms with Gasteiger partial charge in [0.05, 0.1) is 5.56 Å². The van der Waals surface area contributed by atoms with Crippen molar-refractivity contribution < 1.29 is 29.7 Å². The molecule has 0 spiro atoms. The maximum atomic E-state index is 11.8. The lowest BCUT2D eigenvalue weighted by Crippen LogP contribution is -2.24. The number of benzene rings is 1. The van der Waals surface area contributed by atoms with Gasteiger partial charge in [0.1, 0.15) is 16.9 Å². The summed E-state index contributed by atoms with van der Waals surface area (Å²) in [5.74, 6) is -4.87. The van der Waals surface area contributed by atoms with Crippen LogP contribution in [0.25, 0.3) is 11.1 Å². The molecule has 0 unspecified atom stereocenters. The number of hydrogen-bond donors (Lipinski definition) is 5. The molecule has 1 heterocycles. The average molecular weight is 318 g/mol. The van der Waals surface area contributed by atoms with Gasteiger partial charge in [-0.05, 0) is 17.7 Å². The Labute approximate surface area is 127 Å². The number of hydrogen-bond acceptors (Lipinski definition) is 5. The number of nitrogens with two attached hydrogens (primary N) is 1. The van der Waals surface area contributed by atoms with E-state index in [1.165, 1.54) is 12.1 Å². The fourth-order valence-corrected chi connectivity index (χ4v) is 2.11. The Bertz CT molecular complexity index is 881. The minimum Gasteiger partial charge on any atom is -0.478 e. The van der Waals surface area contributed by atoms with Crippen molar-refractivity contribution in [3.63, 3.8) is 0 Å². The maximum absolute atomic E-state index is 11.8. The highest BCUT2D eigenvalue weighted by atomic mass is 16.4. The van der Waals surface area contributed by atoms with Gasteiger partial charge >= 0.3 is 17.9 Å². The minimum atomic E-state index is -1.63. The van der Waals surface area contributed by atoms with Crippen LogP contribution >= 0.6 is 0 Å². The second kappa shape index (κ2) is 5.64. The molecular weight excluding hydrogens is 308 g/mol. The predicted molar refractivity (Wildman–Crippen MR) is 77.8 cm³/mol. The van der Waals surface area contributed by atoms with Gasteiger partial charge in [-0.1, -0.05) is 12.1 Å². The number of carboxylic acids is 3. The summed E-state index contributed by atoms with van der Waals surface area (Å²) in [5, 5.41) is 27.3. The van der Waals surface area contributed by atoms with Gasteiger partial charge in [-0.25, -0.2) is 14.4 Å². The van der Waals surface area contributed by atoms with Crippen LogP contribution in [0.15, 0.2) is 29.1 Å². The first-order valence-corrected chi connectivity index (χ1v) is 6.10. The molecule has 1 aromatic carbocycles. The third-order valence-corrected chi connectivity index (χ3v) is 3.09. The molecule has 2 aromatic rings. The van der Waals surface area contributed by atoms with E-state index in [-0.39, 0.29) is 16.7 Å². The van der Waals surface area contributed by atoms with Crippen molar-refractivity contribution >= 4 is 23.7 Å². The Hall–Kier alpha value is -3.62. The molecule has 118 valence electrons. The molecule has 0 saturated heterocycles. The fraction of sp³-hybridized carbons (Fsp3) is 0. The fourth-order valence-electron chi connectivity index (χ4n) is 2.11. The van der Waals surface area contributed by atoms with Gasteiger partial charge in [0.25, 0.3) is 5.56 Å². The number of carbonyl (C=O) groups is 3. The summed E-state index contributed by atoms with van der Waals surface area (Å²) in [4.78, 5) is 47.4. The predicted octanol–water partition coefficient (Wildman–Crippen LogP) is 0.719. The van der Waals surface area contributed by atoms with Crippen molar-refractivity contribution in [1.29, 1.82) is 0 Å². The van der Waals surface area contributed by atoms with Gasteiger partial charge in [0.2, 0.25) is 0 Å². The quantitative estimate of drug-likeness (QED) is 0.548. The topological polar surface area (TPSA) is 171 Å². The van der Waals surface area contributed by atoms with E-state index in [1.54, 1.807) is 0 Å². The van der Waals surface area contributed by atoms with Crippen LogP contribution < -0.4 is 11.3 Å². The van der Waals surface area contributed by atoms with E-state index in [2.05, 4.69) is 0 Å². The first-order valence-electron chi connectivity index (χ1n) is 6.10. The number of anilines is 1. The number of pyridine rings is 1. The molecule has 0 aliphatic carbocycles. The number of H-pyrrole nitrogens is 1. The SMILES string of the molecule is Nc1[nH]c(=O)c(C(=O)O)c(-c2ccc(C(=O)O)cc2)c1C(=O)O. The number of aromatic amines is 1. The van der Waals surface area contributed by atoms with E-state index in [4.69, 9.17) is 10.8 Å². The van der Waals surface area contributed by atoms with E-state index in [0.29, 0.717) is 0 Å². The van der Waals surface area contributed by atoms with Crippen molar-refractivity contribution in [2.75, 3.05) is 5.73 Å². The monoisotopic (exact) mass is 318 g/mol. The number of nitrogens with one attached hydrogen (secondary N) is 1. The smallest absolute Gasteiger partial charge is 0.342 e. The summed E-state index contributed by atoms with van der Waals surface area (Å²) in [6.45, 7) is 0. The van der Waals surface area contributed by atoms with E-state index < -0.39 is 40.4 Å². The van der Waals surface area contributed by atoms with Crippen LogP contribution in [0.5, 0.6) is 0 Å². The van der Waals surface area contributed by atoms with Crippen LogP contribution in [-0.4, -0.2) is 38.2 Å². The van der Waals surface area contributed by atoms with Crippen LogP contribution in [-0.2, 0) is 0 Å². The molecule has 0 aliphatic rings. The molecule has 9 nitrogen and oxygen atoms in total. The Kier molecular flexibility index (Phi) is 3.86. The summed E-state index contributed by atoms with van der Waals surface area (Å²) in [6.07, 6.45) is 0. The first kappa shape index (κ1) is 15.8. The molecule has 0 radical (unpaired) electrons. The third-order valence-electron chi connectivity index (χ3n) is 3.09. The minimum absolute atomic E-state index is 0.0441. The summed E-state index contributed by atoms with van der Waals surface area (Å²) in [7, 11) is 0. The van der Waals surface area contributed by atoms with E-state index in [9.17, 15) is 29.4 Å². The van der Waals surface area contributed by atoms with Gasteiger partial charge in [-0.15, -0.1) is 0 Å². The van der Waals surface area contributed by atoms with Crippen molar-refractivity contribution in [1.82, 2.24) is 4.98 Å². The molecule has 2 rings (SSSR count). The molecule has 0 amide bonds. The number of aromatic carboxylic acids is 3. The zero-order chi connectivity index (χ0) is 17.3. The number of nitrogen functional groups attached to an aromatic ring is 1. The molecule has 0 saturated carbocycles. The number of rotatable bonds is 4. The van der Waals surface area contributed by atoms with Gasteiger partial charge in [-0.3, -0.25) is 4.79 Å². The number of aromatic nitrogens is 1. The molecule has 0 fully saturated rings. The Morgan fingerprint density at radius 2 is 1.39 bits per heavy atom. The van der Waals surface area contributed by atoms with Gasteiger partial charge < -0.3 is 26.0 Å². The lowest BCUT2D eigenvalue weighted by atomic mass is 9.95. The molecule has 0 aliphatic heterocycles.